The van der Waals surface area contributed by atoms with Gasteiger partial charge in [-0.15, -0.1) is 4.91 Å². The lowest BCUT2D eigenvalue weighted by Crippen LogP contribution is -2.58. The zero-order valence-electron chi connectivity index (χ0n) is 9.36. The minimum absolute atomic E-state index is 0.226. The number of hydrogen-bond donors (Lipinski definition) is 1. The van der Waals surface area contributed by atoms with E-state index in [1.165, 1.54) is 0 Å². The molecule has 5 amide bonds. The van der Waals surface area contributed by atoms with Gasteiger partial charge in [-0.2, -0.15) is 0 Å². The molecule has 19 heavy (non-hydrogen) atoms. The normalized spacial score (nSPS) is 15.8. The van der Waals surface area contributed by atoms with Gasteiger partial charge < -0.3 is 5.11 Å². The van der Waals surface area contributed by atoms with Crippen molar-refractivity contribution in [2.45, 2.75) is 0 Å². The molecule has 0 spiro atoms. The highest BCUT2D eigenvalue weighted by Gasteiger charge is 2.42. The fraction of sp³-hybridized carbons (Fsp3) is 0.222. The second-order valence-electron chi connectivity index (χ2n) is 3.42. The van der Waals surface area contributed by atoms with Gasteiger partial charge in [0.15, 0.2) is 0 Å². The third kappa shape index (κ3) is 2.68. The molecule has 1 aliphatic rings. The third-order valence-electron chi connectivity index (χ3n) is 2.16. The van der Waals surface area contributed by atoms with Crippen molar-refractivity contribution in [1.82, 2.24) is 9.80 Å². The quantitative estimate of drug-likeness (QED) is 0.380. The molecule has 0 unspecified atom stereocenters. The number of barbiturate groups is 1. The fourth-order valence-corrected chi connectivity index (χ4v) is 1.31. The van der Waals surface area contributed by atoms with Crippen LogP contribution in [0, 0.1) is 4.91 Å². The largest absolute Gasteiger partial charge is 0.480 e. The molecule has 1 N–H and O–H groups in total. The summed E-state index contributed by atoms with van der Waals surface area (Å²) in [5.41, 5.74) is -0.681. The molecule has 0 atom stereocenters. The molecule has 100 valence electrons. The highest BCUT2D eigenvalue weighted by atomic mass is 16.4. The van der Waals surface area contributed by atoms with E-state index in [4.69, 9.17) is 5.11 Å². The smallest absolute Gasteiger partial charge is 0.334 e. The first-order chi connectivity index (χ1) is 8.79. The molecule has 1 heterocycles. The van der Waals surface area contributed by atoms with Crippen LogP contribution in [0.1, 0.15) is 0 Å². The molecule has 0 saturated carbocycles. The summed E-state index contributed by atoms with van der Waals surface area (Å²) in [5.74, 6) is -5.16. The van der Waals surface area contributed by atoms with E-state index in [-0.39, 0.29) is 9.80 Å². The Balaban J connectivity index is 3.07. The summed E-state index contributed by atoms with van der Waals surface area (Å²) < 4.78 is 0. The standard InChI is InChI=1S/C9H7N3O7/c1-4-7(16)11(2-5(13)10-19)9(18)12(8(4)17)3-6(14)15/h1-3H2,(H,14,15). The number of rotatable bonds is 4. The molecular weight excluding hydrogens is 262 g/mol. The van der Waals surface area contributed by atoms with Gasteiger partial charge in [0.1, 0.15) is 13.1 Å². The lowest BCUT2D eigenvalue weighted by atomic mass is 10.1. The maximum Gasteiger partial charge on any atom is 0.334 e. The van der Waals surface area contributed by atoms with E-state index in [1.807, 2.05) is 5.18 Å². The van der Waals surface area contributed by atoms with E-state index < -0.39 is 48.4 Å². The SMILES string of the molecule is C=C1C(=O)N(CC(=O)O)C(=O)N(CC(=O)N=O)C1=O. The summed E-state index contributed by atoms with van der Waals surface area (Å²) in [4.78, 5) is 66.5. The van der Waals surface area contributed by atoms with Crippen molar-refractivity contribution in [2.24, 2.45) is 5.18 Å². The second-order valence-corrected chi connectivity index (χ2v) is 3.42. The number of aliphatic carboxylic acids is 1. The van der Waals surface area contributed by atoms with Gasteiger partial charge in [0, 0.05) is 5.18 Å². The summed E-state index contributed by atoms with van der Waals surface area (Å²) in [7, 11) is 0. The first-order valence-electron chi connectivity index (χ1n) is 4.74. The zero-order chi connectivity index (χ0) is 14.7. The van der Waals surface area contributed by atoms with Gasteiger partial charge in [-0.25, -0.2) is 14.6 Å². The van der Waals surface area contributed by atoms with E-state index in [0.29, 0.717) is 0 Å². The van der Waals surface area contributed by atoms with Crippen molar-refractivity contribution in [2.75, 3.05) is 13.1 Å². The molecule has 1 fully saturated rings. The first-order valence-corrected chi connectivity index (χ1v) is 4.74. The number of nitrogens with zero attached hydrogens (tertiary/aromatic N) is 3. The molecule has 0 radical (unpaired) electrons. The fourth-order valence-electron chi connectivity index (χ4n) is 1.31. The summed E-state index contributed by atoms with van der Waals surface area (Å²) in [6, 6.07) is -1.32. The Labute approximate surface area is 105 Å². The summed E-state index contributed by atoms with van der Waals surface area (Å²) >= 11 is 0. The van der Waals surface area contributed by atoms with E-state index >= 15 is 0 Å². The number of carboxylic acids is 1. The molecule has 0 aromatic carbocycles. The van der Waals surface area contributed by atoms with Crippen molar-refractivity contribution in [3.63, 3.8) is 0 Å². The molecule has 10 nitrogen and oxygen atoms in total. The summed E-state index contributed by atoms with van der Waals surface area (Å²) in [5, 5.41) is 10.6. The van der Waals surface area contributed by atoms with E-state index in [1.54, 1.807) is 0 Å². The number of hydrogen-bond acceptors (Lipinski definition) is 6. The monoisotopic (exact) mass is 269 g/mol. The van der Waals surface area contributed by atoms with Gasteiger partial charge in [-0.05, 0) is 0 Å². The topological polar surface area (TPSA) is 141 Å². The molecule has 1 aliphatic heterocycles. The van der Waals surface area contributed by atoms with Gasteiger partial charge in [0.25, 0.3) is 11.8 Å². The van der Waals surface area contributed by atoms with Crippen molar-refractivity contribution >= 4 is 29.7 Å². The zero-order valence-corrected chi connectivity index (χ0v) is 9.36. The number of nitroso groups, excluding NO2 is 1. The third-order valence-corrected chi connectivity index (χ3v) is 2.16. The van der Waals surface area contributed by atoms with Crippen LogP contribution in [-0.4, -0.2) is 57.7 Å². The van der Waals surface area contributed by atoms with Crippen LogP contribution in [0.3, 0.4) is 0 Å². The highest BCUT2D eigenvalue weighted by Crippen LogP contribution is 2.15. The molecule has 1 rings (SSSR count). The van der Waals surface area contributed by atoms with E-state index in [2.05, 4.69) is 6.58 Å². The van der Waals surface area contributed by atoms with Crippen LogP contribution in [0.15, 0.2) is 17.3 Å². The van der Waals surface area contributed by atoms with E-state index in [9.17, 15) is 28.9 Å². The predicted molar refractivity (Wildman–Crippen MR) is 56.4 cm³/mol. The number of urea groups is 1. The second kappa shape index (κ2) is 5.16. The van der Waals surface area contributed by atoms with Crippen molar-refractivity contribution < 1.29 is 29.1 Å². The summed E-state index contributed by atoms with van der Waals surface area (Å²) in [6.07, 6.45) is 0. The van der Waals surface area contributed by atoms with Crippen molar-refractivity contribution in [3.8, 4) is 0 Å². The van der Waals surface area contributed by atoms with Gasteiger partial charge >= 0.3 is 17.9 Å². The van der Waals surface area contributed by atoms with Crippen LogP contribution in [0.25, 0.3) is 0 Å². The van der Waals surface area contributed by atoms with Gasteiger partial charge in [0.05, 0.1) is 5.57 Å². The molecule has 0 bridgehead atoms. The molecule has 0 aromatic heterocycles. The highest BCUT2D eigenvalue weighted by molar-refractivity contribution is 6.29. The summed E-state index contributed by atoms with van der Waals surface area (Å²) in [6.45, 7) is 1.12. The predicted octanol–water partition coefficient (Wildman–Crippen LogP) is -1.29. The van der Waals surface area contributed by atoms with Crippen molar-refractivity contribution in [3.05, 3.63) is 17.1 Å². The Kier molecular flexibility index (Phi) is 3.85. The van der Waals surface area contributed by atoms with Crippen molar-refractivity contribution in [1.29, 1.82) is 0 Å². The maximum absolute atomic E-state index is 11.7. The maximum atomic E-state index is 11.7. The Morgan fingerprint density at radius 2 is 1.58 bits per heavy atom. The Bertz CT molecular complexity index is 524. The Morgan fingerprint density at radius 1 is 1.11 bits per heavy atom. The molecule has 0 aromatic rings. The Morgan fingerprint density at radius 3 is 2.00 bits per heavy atom. The lowest BCUT2D eigenvalue weighted by molar-refractivity contribution is -0.145. The van der Waals surface area contributed by atoms with E-state index in [0.717, 1.165) is 0 Å². The molecule has 10 heteroatoms. The van der Waals surface area contributed by atoms with Crippen LogP contribution in [0.5, 0.6) is 0 Å². The number of amides is 5. The average molecular weight is 269 g/mol. The van der Waals surface area contributed by atoms with Gasteiger partial charge in [-0.3, -0.25) is 19.2 Å². The number of carbonyl (C=O) groups excluding carboxylic acids is 4. The molecule has 0 aliphatic carbocycles. The molecule has 1 saturated heterocycles. The molecular formula is C9H7N3O7. The number of imide groups is 2. The lowest BCUT2D eigenvalue weighted by Gasteiger charge is -2.31. The van der Waals surface area contributed by atoms with Crippen LogP contribution in [0.2, 0.25) is 0 Å². The van der Waals surface area contributed by atoms with Crippen LogP contribution in [-0.2, 0) is 19.2 Å². The van der Waals surface area contributed by atoms with Crippen LogP contribution >= 0.6 is 0 Å². The minimum atomic E-state index is -1.50. The first kappa shape index (κ1) is 14.2. The van der Waals surface area contributed by atoms with Gasteiger partial charge in [-0.1, -0.05) is 6.58 Å². The van der Waals surface area contributed by atoms with Gasteiger partial charge in [0.2, 0.25) is 0 Å². The number of carbonyl (C=O) groups is 5. The van der Waals surface area contributed by atoms with Crippen LogP contribution < -0.4 is 0 Å². The average Bonchev–Trinajstić information content (AvgIpc) is 2.36. The Hall–Kier alpha value is -2.91. The van der Waals surface area contributed by atoms with Crippen LogP contribution in [0.4, 0.5) is 4.79 Å². The minimum Gasteiger partial charge on any atom is -0.480 e. The number of carboxylic acid groups (broad SMARTS) is 1.